The van der Waals surface area contributed by atoms with Gasteiger partial charge in [-0.05, 0) is 31.4 Å². The second kappa shape index (κ2) is 4.37. The van der Waals surface area contributed by atoms with Gasteiger partial charge in [0.15, 0.2) is 0 Å². The summed E-state index contributed by atoms with van der Waals surface area (Å²) in [7, 11) is 0. The minimum Gasteiger partial charge on any atom is -0.324 e. The monoisotopic (exact) mass is 207 g/mol. The molecular formula is C12H17NS. The molecule has 14 heavy (non-hydrogen) atoms. The van der Waals surface area contributed by atoms with Crippen LogP contribution in [0.4, 0.5) is 0 Å². The van der Waals surface area contributed by atoms with Gasteiger partial charge in [0, 0.05) is 16.2 Å². The minimum atomic E-state index is 0.152. The average Bonchev–Trinajstić information content (AvgIpc) is 2.12. The summed E-state index contributed by atoms with van der Waals surface area (Å²) in [6.07, 6.45) is 4.15. The Morgan fingerprint density at radius 3 is 2.64 bits per heavy atom. The van der Waals surface area contributed by atoms with Gasteiger partial charge in [-0.1, -0.05) is 24.6 Å². The van der Waals surface area contributed by atoms with Crippen LogP contribution < -0.4 is 5.73 Å². The van der Waals surface area contributed by atoms with Gasteiger partial charge in [0.2, 0.25) is 0 Å². The molecule has 1 aromatic rings. The summed E-state index contributed by atoms with van der Waals surface area (Å²) in [5.74, 6) is 0. The van der Waals surface area contributed by atoms with E-state index in [0.717, 1.165) is 5.25 Å². The first-order valence-electron chi connectivity index (χ1n) is 5.28. The van der Waals surface area contributed by atoms with Gasteiger partial charge in [0.05, 0.1) is 0 Å². The van der Waals surface area contributed by atoms with Crippen molar-refractivity contribution in [2.75, 3.05) is 0 Å². The molecule has 0 amide bonds. The molecule has 1 aliphatic carbocycles. The van der Waals surface area contributed by atoms with Crippen molar-refractivity contribution in [2.24, 2.45) is 5.73 Å². The maximum absolute atomic E-state index is 5.94. The first-order chi connectivity index (χ1) is 6.77. The van der Waals surface area contributed by atoms with Crippen LogP contribution in [0, 0.1) is 0 Å². The maximum atomic E-state index is 5.94. The Balaban J connectivity index is 2.13. The molecule has 2 rings (SSSR count). The van der Waals surface area contributed by atoms with E-state index in [0.29, 0.717) is 0 Å². The topological polar surface area (TPSA) is 26.0 Å². The molecule has 2 heteroatoms. The van der Waals surface area contributed by atoms with Crippen molar-refractivity contribution in [2.45, 2.75) is 42.4 Å². The molecule has 1 atom stereocenters. The van der Waals surface area contributed by atoms with E-state index in [1.54, 1.807) is 0 Å². The second-order valence-corrected chi connectivity index (χ2v) is 5.34. The van der Waals surface area contributed by atoms with Crippen LogP contribution in [0.15, 0.2) is 29.2 Å². The van der Waals surface area contributed by atoms with E-state index in [1.807, 2.05) is 11.8 Å². The van der Waals surface area contributed by atoms with Crippen LogP contribution in [0.1, 0.15) is 37.8 Å². The summed E-state index contributed by atoms with van der Waals surface area (Å²) < 4.78 is 0. The van der Waals surface area contributed by atoms with Gasteiger partial charge in [0.1, 0.15) is 0 Å². The fourth-order valence-corrected chi connectivity index (χ4v) is 3.11. The fourth-order valence-electron chi connectivity index (χ4n) is 1.63. The largest absolute Gasteiger partial charge is 0.324 e. The van der Waals surface area contributed by atoms with Crippen molar-refractivity contribution < 1.29 is 0 Å². The third kappa shape index (κ3) is 2.12. The first-order valence-corrected chi connectivity index (χ1v) is 6.16. The van der Waals surface area contributed by atoms with Crippen LogP contribution in [-0.2, 0) is 0 Å². The van der Waals surface area contributed by atoms with Gasteiger partial charge >= 0.3 is 0 Å². The van der Waals surface area contributed by atoms with E-state index in [-0.39, 0.29) is 6.04 Å². The quantitative estimate of drug-likeness (QED) is 0.822. The molecule has 1 aromatic carbocycles. The molecule has 1 fully saturated rings. The van der Waals surface area contributed by atoms with E-state index < -0.39 is 0 Å². The SMILES string of the molecule is CC(N)c1ccccc1SC1CCC1. The lowest BCUT2D eigenvalue weighted by Gasteiger charge is -2.26. The Labute approximate surface area is 90.1 Å². The van der Waals surface area contributed by atoms with Crippen molar-refractivity contribution in [3.8, 4) is 0 Å². The molecule has 0 radical (unpaired) electrons. The van der Waals surface area contributed by atoms with Crippen LogP contribution >= 0.6 is 11.8 Å². The normalized spacial score (nSPS) is 19.0. The van der Waals surface area contributed by atoms with Crippen molar-refractivity contribution in [1.29, 1.82) is 0 Å². The van der Waals surface area contributed by atoms with Crippen molar-refractivity contribution in [1.82, 2.24) is 0 Å². The van der Waals surface area contributed by atoms with Crippen LogP contribution in [0.2, 0.25) is 0 Å². The van der Waals surface area contributed by atoms with Crippen LogP contribution in [-0.4, -0.2) is 5.25 Å². The van der Waals surface area contributed by atoms with Gasteiger partial charge in [-0.2, -0.15) is 0 Å². The molecule has 0 bridgehead atoms. The Morgan fingerprint density at radius 2 is 2.07 bits per heavy atom. The van der Waals surface area contributed by atoms with Gasteiger partial charge < -0.3 is 5.73 Å². The van der Waals surface area contributed by atoms with E-state index in [9.17, 15) is 0 Å². The Kier molecular flexibility index (Phi) is 3.14. The van der Waals surface area contributed by atoms with Gasteiger partial charge in [-0.25, -0.2) is 0 Å². The molecule has 0 aliphatic heterocycles. The predicted octanol–water partition coefficient (Wildman–Crippen LogP) is 3.35. The van der Waals surface area contributed by atoms with Crippen LogP contribution in [0.3, 0.4) is 0 Å². The highest BCUT2D eigenvalue weighted by atomic mass is 32.2. The smallest absolute Gasteiger partial charge is 0.0277 e. The lowest BCUT2D eigenvalue weighted by Crippen LogP contribution is -2.14. The molecule has 0 saturated heterocycles. The molecule has 1 unspecified atom stereocenters. The van der Waals surface area contributed by atoms with Crippen molar-refractivity contribution in [3.05, 3.63) is 29.8 Å². The highest BCUT2D eigenvalue weighted by molar-refractivity contribution is 8.00. The molecule has 1 saturated carbocycles. The number of hydrogen-bond acceptors (Lipinski definition) is 2. The zero-order chi connectivity index (χ0) is 9.97. The minimum absolute atomic E-state index is 0.152. The summed E-state index contributed by atoms with van der Waals surface area (Å²) in [4.78, 5) is 1.38. The standard InChI is InChI=1S/C12H17NS/c1-9(13)11-7-2-3-8-12(11)14-10-5-4-6-10/h2-3,7-10H,4-6,13H2,1H3. The van der Waals surface area contributed by atoms with E-state index in [2.05, 4.69) is 31.2 Å². The fraction of sp³-hybridized carbons (Fsp3) is 0.500. The summed E-state index contributed by atoms with van der Waals surface area (Å²) in [5.41, 5.74) is 7.23. The molecule has 76 valence electrons. The molecule has 0 spiro atoms. The van der Waals surface area contributed by atoms with Crippen LogP contribution in [0.25, 0.3) is 0 Å². The number of thioether (sulfide) groups is 1. The Hall–Kier alpha value is -0.470. The highest BCUT2D eigenvalue weighted by Crippen LogP contribution is 2.38. The second-order valence-electron chi connectivity index (χ2n) is 4.00. The lowest BCUT2D eigenvalue weighted by molar-refractivity contribution is 0.522. The first kappa shape index (κ1) is 10.1. The molecule has 1 nitrogen and oxygen atoms in total. The zero-order valence-corrected chi connectivity index (χ0v) is 9.39. The van der Waals surface area contributed by atoms with E-state index in [4.69, 9.17) is 5.73 Å². The third-order valence-electron chi connectivity index (χ3n) is 2.76. The van der Waals surface area contributed by atoms with Crippen LogP contribution in [0.5, 0.6) is 0 Å². The van der Waals surface area contributed by atoms with Gasteiger partial charge in [0.25, 0.3) is 0 Å². The number of rotatable bonds is 3. The number of benzene rings is 1. The van der Waals surface area contributed by atoms with Crippen molar-refractivity contribution in [3.63, 3.8) is 0 Å². The van der Waals surface area contributed by atoms with E-state index in [1.165, 1.54) is 29.7 Å². The summed E-state index contributed by atoms with van der Waals surface area (Å²) in [6, 6.07) is 8.67. The lowest BCUT2D eigenvalue weighted by atomic mass is 10.00. The Morgan fingerprint density at radius 1 is 1.36 bits per heavy atom. The summed E-state index contributed by atoms with van der Waals surface area (Å²) in [5, 5.41) is 0.842. The predicted molar refractivity (Wildman–Crippen MR) is 62.5 cm³/mol. The van der Waals surface area contributed by atoms with Crippen molar-refractivity contribution >= 4 is 11.8 Å². The zero-order valence-electron chi connectivity index (χ0n) is 8.57. The molecule has 0 aromatic heterocycles. The van der Waals surface area contributed by atoms with E-state index >= 15 is 0 Å². The summed E-state index contributed by atoms with van der Waals surface area (Å²) >= 11 is 2.01. The summed E-state index contributed by atoms with van der Waals surface area (Å²) in [6.45, 7) is 2.06. The van der Waals surface area contributed by atoms with Gasteiger partial charge in [-0.15, -0.1) is 11.8 Å². The maximum Gasteiger partial charge on any atom is 0.0277 e. The number of hydrogen-bond donors (Lipinski definition) is 1. The Bertz CT molecular complexity index is 305. The molecule has 2 N–H and O–H groups in total. The molecule has 1 aliphatic rings. The van der Waals surface area contributed by atoms with Gasteiger partial charge in [-0.3, -0.25) is 0 Å². The number of nitrogens with two attached hydrogens (primary N) is 1. The highest BCUT2D eigenvalue weighted by Gasteiger charge is 2.20. The third-order valence-corrected chi connectivity index (χ3v) is 4.19. The molecule has 0 heterocycles. The average molecular weight is 207 g/mol. The molecular weight excluding hydrogens is 190 g/mol.